The van der Waals surface area contributed by atoms with Crippen molar-refractivity contribution in [2.24, 2.45) is 0 Å². The summed E-state index contributed by atoms with van der Waals surface area (Å²) in [5.74, 6) is 0.119. The van der Waals surface area contributed by atoms with Crippen LogP contribution in [0.15, 0.2) is 36.8 Å². The number of halogens is 1. The Kier molecular flexibility index (Phi) is 5.67. The molecule has 158 valence electrons. The van der Waals surface area contributed by atoms with E-state index in [1.807, 2.05) is 0 Å². The van der Waals surface area contributed by atoms with E-state index in [0.717, 1.165) is 22.5 Å². The summed E-state index contributed by atoms with van der Waals surface area (Å²) in [5.41, 5.74) is 3.60. The number of aromatic nitrogens is 4. The largest absolute Gasteiger partial charge is 0.462 e. The lowest BCUT2D eigenvalue weighted by atomic mass is 9.93. The number of aromatic amines is 1. The number of aliphatic hydroxyl groups excluding tert-OH is 1. The molecule has 2 atom stereocenters. The molecular weight excluding hydrogens is 387 g/mol. The molecule has 0 radical (unpaired) electrons. The highest BCUT2D eigenvalue weighted by Gasteiger charge is 2.29. The molecule has 0 amide bonds. The van der Waals surface area contributed by atoms with Gasteiger partial charge in [0.15, 0.2) is 5.82 Å². The fourth-order valence-corrected chi connectivity index (χ4v) is 3.96. The number of carbonyl (C=O) groups excluding carboxylic acids is 1. The minimum atomic E-state index is -0.663. The van der Waals surface area contributed by atoms with Crippen LogP contribution in [-0.2, 0) is 16.0 Å². The molecule has 3 aromatic rings. The summed E-state index contributed by atoms with van der Waals surface area (Å²) in [7, 11) is 0. The van der Waals surface area contributed by atoms with Gasteiger partial charge in [-0.3, -0.25) is 4.79 Å². The number of H-pyrrole nitrogens is 1. The molecule has 3 heterocycles. The Labute approximate surface area is 173 Å². The van der Waals surface area contributed by atoms with Crippen LogP contribution in [0.3, 0.4) is 0 Å². The number of nitrogens with zero attached hydrogens (tertiary/aromatic N) is 3. The maximum atomic E-state index is 13.6. The molecule has 1 aliphatic heterocycles. The van der Waals surface area contributed by atoms with Crippen molar-refractivity contribution in [3.05, 3.63) is 53.9 Å². The summed E-state index contributed by atoms with van der Waals surface area (Å²) >= 11 is 0. The maximum absolute atomic E-state index is 13.6. The van der Waals surface area contributed by atoms with Crippen molar-refractivity contribution in [3.63, 3.8) is 0 Å². The standard InChI is InChI=1S/C22H25FN4O3/c1-13(2)21-18(8-7-17-9-16(28)10-20(29)30-17)22(14-3-5-15(23)6-4-14)27(26-21)19-11-24-12-25-19/h3-6,11-13,16-17,28H,7-10H2,1-2H3,(H,24,25)/t16-,17-/m1/s1. The van der Waals surface area contributed by atoms with E-state index in [9.17, 15) is 14.3 Å². The average Bonchev–Trinajstić information content (AvgIpc) is 3.34. The number of aliphatic hydroxyl groups is 1. The van der Waals surface area contributed by atoms with Crippen LogP contribution in [0.4, 0.5) is 4.39 Å². The molecule has 0 bridgehead atoms. The summed E-state index contributed by atoms with van der Waals surface area (Å²) in [6.45, 7) is 4.14. The zero-order chi connectivity index (χ0) is 21.3. The number of hydrogen-bond donors (Lipinski definition) is 2. The Balaban J connectivity index is 1.75. The van der Waals surface area contributed by atoms with Gasteiger partial charge in [-0.05, 0) is 43.0 Å². The molecule has 0 unspecified atom stereocenters. The molecule has 0 spiro atoms. The molecule has 2 aromatic heterocycles. The number of cyclic esters (lactones) is 1. The Hall–Kier alpha value is -3.00. The highest BCUT2D eigenvalue weighted by Crippen LogP contribution is 2.34. The Morgan fingerprint density at radius 1 is 1.33 bits per heavy atom. The van der Waals surface area contributed by atoms with E-state index in [4.69, 9.17) is 9.84 Å². The van der Waals surface area contributed by atoms with Gasteiger partial charge in [-0.15, -0.1) is 0 Å². The molecule has 30 heavy (non-hydrogen) atoms. The second kappa shape index (κ2) is 8.39. The molecular formula is C22H25FN4O3. The molecule has 1 aliphatic rings. The van der Waals surface area contributed by atoms with Crippen molar-refractivity contribution in [1.82, 2.24) is 19.7 Å². The fraction of sp³-hybridized carbons (Fsp3) is 0.409. The first-order valence-electron chi connectivity index (χ1n) is 10.2. The van der Waals surface area contributed by atoms with Crippen LogP contribution in [0, 0.1) is 5.82 Å². The molecule has 1 aromatic carbocycles. The third-order valence-corrected chi connectivity index (χ3v) is 5.33. The number of nitrogens with one attached hydrogen (secondary N) is 1. The van der Waals surface area contributed by atoms with Crippen LogP contribution in [0.5, 0.6) is 0 Å². The Morgan fingerprint density at radius 3 is 2.73 bits per heavy atom. The molecule has 7 nitrogen and oxygen atoms in total. The molecule has 2 N–H and O–H groups in total. The smallest absolute Gasteiger partial charge is 0.308 e. The van der Waals surface area contributed by atoms with Gasteiger partial charge in [0.25, 0.3) is 0 Å². The zero-order valence-electron chi connectivity index (χ0n) is 17.0. The maximum Gasteiger partial charge on any atom is 0.308 e. The van der Waals surface area contributed by atoms with Crippen LogP contribution in [0.2, 0.25) is 0 Å². The van der Waals surface area contributed by atoms with Gasteiger partial charge in [0.05, 0.1) is 30.2 Å². The molecule has 1 saturated heterocycles. The predicted octanol–water partition coefficient (Wildman–Crippen LogP) is 3.52. The summed E-state index contributed by atoms with van der Waals surface area (Å²) in [6, 6.07) is 6.31. The topological polar surface area (TPSA) is 93.0 Å². The van der Waals surface area contributed by atoms with Gasteiger partial charge < -0.3 is 14.8 Å². The fourth-order valence-electron chi connectivity index (χ4n) is 3.96. The second-order valence-electron chi connectivity index (χ2n) is 7.96. The van der Waals surface area contributed by atoms with Gasteiger partial charge in [0, 0.05) is 23.7 Å². The minimum Gasteiger partial charge on any atom is -0.462 e. The number of hydrogen-bond acceptors (Lipinski definition) is 5. The highest BCUT2D eigenvalue weighted by atomic mass is 19.1. The average molecular weight is 412 g/mol. The minimum absolute atomic E-state index is 0.0473. The monoisotopic (exact) mass is 412 g/mol. The molecule has 0 aliphatic carbocycles. The van der Waals surface area contributed by atoms with Gasteiger partial charge in [-0.25, -0.2) is 14.1 Å². The quantitative estimate of drug-likeness (QED) is 0.604. The summed E-state index contributed by atoms with van der Waals surface area (Å²) in [6.07, 6.45) is 4.00. The van der Waals surface area contributed by atoms with E-state index < -0.39 is 6.10 Å². The lowest BCUT2D eigenvalue weighted by Crippen LogP contribution is -2.32. The Morgan fingerprint density at radius 2 is 2.10 bits per heavy atom. The number of benzene rings is 1. The lowest BCUT2D eigenvalue weighted by Gasteiger charge is -2.26. The van der Waals surface area contributed by atoms with Crippen molar-refractivity contribution in [3.8, 4) is 17.1 Å². The third-order valence-electron chi connectivity index (χ3n) is 5.33. The molecule has 4 rings (SSSR count). The van der Waals surface area contributed by atoms with E-state index in [1.165, 1.54) is 12.1 Å². The number of esters is 1. The van der Waals surface area contributed by atoms with E-state index in [2.05, 4.69) is 23.8 Å². The number of rotatable bonds is 6. The lowest BCUT2D eigenvalue weighted by molar-refractivity contribution is -0.160. The van der Waals surface area contributed by atoms with Crippen LogP contribution < -0.4 is 0 Å². The molecule has 0 saturated carbocycles. The van der Waals surface area contributed by atoms with Gasteiger partial charge >= 0.3 is 5.97 Å². The summed E-state index contributed by atoms with van der Waals surface area (Å²) < 4.78 is 20.8. The van der Waals surface area contributed by atoms with Gasteiger partial charge in [0.2, 0.25) is 0 Å². The normalized spacial score (nSPS) is 19.3. The number of ether oxygens (including phenoxy) is 1. The van der Waals surface area contributed by atoms with E-state index >= 15 is 0 Å². The summed E-state index contributed by atoms with van der Waals surface area (Å²) in [5, 5.41) is 14.7. The number of carbonyl (C=O) groups is 1. The zero-order valence-corrected chi connectivity index (χ0v) is 17.0. The van der Waals surface area contributed by atoms with Crippen LogP contribution in [0.1, 0.15) is 50.3 Å². The van der Waals surface area contributed by atoms with E-state index in [1.54, 1.807) is 29.3 Å². The van der Waals surface area contributed by atoms with Crippen molar-refractivity contribution < 1.29 is 19.0 Å². The number of imidazole rings is 1. The first-order chi connectivity index (χ1) is 14.4. The predicted molar refractivity (Wildman–Crippen MR) is 109 cm³/mol. The first kappa shape index (κ1) is 20.3. The van der Waals surface area contributed by atoms with Crippen molar-refractivity contribution >= 4 is 5.97 Å². The van der Waals surface area contributed by atoms with Crippen LogP contribution in [0.25, 0.3) is 17.1 Å². The van der Waals surface area contributed by atoms with Gasteiger partial charge in [-0.1, -0.05) is 13.8 Å². The first-order valence-corrected chi connectivity index (χ1v) is 10.2. The van der Waals surface area contributed by atoms with Crippen LogP contribution in [-0.4, -0.2) is 43.0 Å². The Bertz CT molecular complexity index is 1010. The second-order valence-corrected chi connectivity index (χ2v) is 7.96. The highest BCUT2D eigenvalue weighted by molar-refractivity contribution is 5.71. The SMILES string of the molecule is CC(C)c1nn(-c2c[nH]cn2)c(-c2ccc(F)cc2)c1CC[C@@H]1C[C@@H](O)CC(=O)O1. The van der Waals surface area contributed by atoms with E-state index in [-0.39, 0.29) is 30.2 Å². The van der Waals surface area contributed by atoms with E-state index in [0.29, 0.717) is 25.1 Å². The van der Waals surface area contributed by atoms with Crippen molar-refractivity contribution in [1.29, 1.82) is 0 Å². The third kappa shape index (κ3) is 4.14. The van der Waals surface area contributed by atoms with Gasteiger partial charge in [-0.2, -0.15) is 5.10 Å². The molecule has 8 heteroatoms. The van der Waals surface area contributed by atoms with Crippen molar-refractivity contribution in [2.75, 3.05) is 0 Å². The molecule has 1 fully saturated rings. The van der Waals surface area contributed by atoms with Crippen molar-refractivity contribution in [2.45, 2.75) is 57.7 Å². The summed E-state index contributed by atoms with van der Waals surface area (Å²) in [4.78, 5) is 19.0. The van der Waals surface area contributed by atoms with Gasteiger partial charge in [0.1, 0.15) is 11.9 Å². The van der Waals surface area contributed by atoms with Crippen LogP contribution >= 0.6 is 0 Å².